The van der Waals surface area contributed by atoms with Gasteiger partial charge in [0.15, 0.2) is 0 Å². The second-order valence-electron chi connectivity index (χ2n) is 7.22. The highest BCUT2D eigenvalue weighted by Gasteiger charge is 2.25. The smallest absolute Gasteiger partial charge is 0.407 e. The lowest BCUT2D eigenvalue weighted by molar-refractivity contribution is 0.0488. The Morgan fingerprint density at radius 3 is 2.74 bits per heavy atom. The first-order valence-electron chi connectivity index (χ1n) is 8.29. The van der Waals surface area contributed by atoms with Gasteiger partial charge in [-0.2, -0.15) is 0 Å². The van der Waals surface area contributed by atoms with Gasteiger partial charge in [-0.25, -0.2) is 4.79 Å². The summed E-state index contributed by atoms with van der Waals surface area (Å²) in [7, 11) is 0. The largest absolute Gasteiger partial charge is 0.444 e. The van der Waals surface area contributed by atoms with Crippen LogP contribution in [0.25, 0.3) is 0 Å². The van der Waals surface area contributed by atoms with Crippen molar-refractivity contribution in [2.45, 2.75) is 70.7 Å². The van der Waals surface area contributed by atoms with Crippen molar-refractivity contribution in [3.8, 4) is 0 Å². The first-order valence-corrected chi connectivity index (χ1v) is 9.08. The second kappa shape index (κ2) is 8.15. The summed E-state index contributed by atoms with van der Waals surface area (Å²) in [5, 5.41) is 6.61. The van der Waals surface area contributed by atoms with Crippen molar-refractivity contribution in [3.63, 3.8) is 0 Å². The summed E-state index contributed by atoms with van der Waals surface area (Å²) in [6.07, 6.45) is 3.94. The molecule has 0 aliphatic heterocycles. The van der Waals surface area contributed by atoms with E-state index in [1.165, 1.54) is 5.56 Å². The van der Waals surface area contributed by atoms with Crippen LogP contribution in [0.2, 0.25) is 0 Å². The third-order valence-corrected chi connectivity index (χ3v) is 4.37. The molecule has 1 aliphatic carbocycles. The Balaban J connectivity index is 1.78. The van der Waals surface area contributed by atoms with Gasteiger partial charge in [0.05, 0.1) is 0 Å². The normalized spacial score (nSPS) is 21.7. The van der Waals surface area contributed by atoms with Crippen LogP contribution >= 0.6 is 15.9 Å². The number of carbonyl (C=O) groups is 1. The van der Waals surface area contributed by atoms with E-state index in [4.69, 9.17) is 4.74 Å². The van der Waals surface area contributed by atoms with E-state index in [2.05, 4.69) is 44.8 Å². The molecule has 1 fully saturated rings. The van der Waals surface area contributed by atoms with Gasteiger partial charge in [0.25, 0.3) is 0 Å². The van der Waals surface area contributed by atoms with Crippen molar-refractivity contribution in [2.24, 2.45) is 0 Å². The van der Waals surface area contributed by atoms with Gasteiger partial charge >= 0.3 is 6.09 Å². The summed E-state index contributed by atoms with van der Waals surface area (Å²) in [6, 6.07) is 8.96. The highest BCUT2D eigenvalue weighted by atomic mass is 79.9. The van der Waals surface area contributed by atoms with Gasteiger partial charge in [-0.1, -0.05) is 28.1 Å². The van der Waals surface area contributed by atoms with Gasteiger partial charge < -0.3 is 15.4 Å². The molecule has 2 unspecified atom stereocenters. The Kier molecular flexibility index (Phi) is 6.48. The number of hydrogen-bond acceptors (Lipinski definition) is 3. The molecule has 2 rings (SSSR count). The van der Waals surface area contributed by atoms with E-state index < -0.39 is 5.60 Å². The highest BCUT2D eigenvalue weighted by Crippen LogP contribution is 2.20. The second-order valence-corrected chi connectivity index (χ2v) is 8.13. The number of nitrogens with one attached hydrogen (secondary N) is 2. The van der Waals surface area contributed by atoms with E-state index in [0.717, 1.165) is 36.7 Å². The zero-order valence-corrected chi connectivity index (χ0v) is 15.8. The molecule has 1 amide bonds. The molecule has 0 saturated heterocycles. The molecule has 1 saturated carbocycles. The van der Waals surface area contributed by atoms with Crippen molar-refractivity contribution in [1.29, 1.82) is 0 Å². The molecular weight excluding hydrogens is 356 g/mol. The molecular formula is C18H27BrN2O2. The summed E-state index contributed by atoms with van der Waals surface area (Å²) in [6.45, 7) is 6.50. The summed E-state index contributed by atoms with van der Waals surface area (Å²) in [5.74, 6) is 0. The van der Waals surface area contributed by atoms with Crippen molar-refractivity contribution >= 4 is 22.0 Å². The zero-order chi connectivity index (χ0) is 16.9. The standard InChI is InChI=1S/C18H27BrN2O2/c1-18(2,3)23-17(22)21-16-9-5-8-15(11-16)20-12-13-6-4-7-14(19)10-13/h4,6-7,10,15-16,20H,5,8-9,11-12H2,1-3H3,(H,21,22). The molecule has 0 bridgehead atoms. The van der Waals surface area contributed by atoms with E-state index >= 15 is 0 Å². The zero-order valence-electron chi connectivity index (χ0n) is 14.2. The van der Waals surface area contributed by atoms with Crippen LogP contribution in [-0.4, -0.2) is 23.8 Å². The Labute approximate surface area is 147 Å². The van der Waals surface area contributed by atoms with E-state index in [1.54, 1.807) is 0 Å². The average Bonchev–Trinajstić information content (AvgIpc) is 2.43. The molecule has 1 aromatic carbocycles. The van der Waals surface area contributed by atoms with Crippen molar-refractivity contribution in [3.05, 3.63) is 34.3 Å². The van der Waals surface area contributed by atoms with Crippen LogP contribution in [0.4, 0.5) is 4.79 Å². The summed E-state index contributed by atoms with van der Waals surface area (Å²) in [5.41, 5.74) is 0.818. The number of hydrogen-bond donors (Lipinski definition) is 2. The van der Waals surface area contributed by atoms with Gasteiger partial charge in [0.1, 0.15) is 5.60 Å². The molecule has 23 heavy (non-hydrogen) atoms. The van der Waals surface area contributed by atoms with Crippen LogP contribution in [0, 0.1) is 0 Å². The van der Waals surface area contributed by atoms with E-state index in [-0.39, 0.29) is 12.1 Å². The van der Waals surface area contributed by atoms with Crippen molar-refractivity contribution in [2.75, 3.05) is 0 Å². The molecule has 0 aromatic heterocycles. The van der Waals surface area contributed by atoms with Crippen LogP contribution in [0.15, 0.2) is 28.7 Å². The van der Waals surface area contributed by atoms with Crippen molar-refractivity contribution < 1.29 is 9.53 Å². The van der Waals surface area contributed by atoms with Gasteiger partial charge in [-0.15, -0.1) is 0 Å². The van der Waals surface area contributed by atoms with Gasteiger partial charge in [-0.05, 0) is 64.2 Å². The lowest BCUT2D eigenvalue weighted by Gasteiger charge is -2.31. The maximum absolute atomic E-state index is 11.9. The number of ether oxygens (including phenoxy) is 1. The molecule has 0 radical (unpaired) electrons. The predicted molar refractivity (Wildman–Crippen MR) is 96.4 cm³/mol. The van der Waals surface area contributed by atoms with E-state index in [1.807, 2.05) is 26.8 Å². The molecule has 0 spiro atoms. The summed E-state index contributed by atoms with van der Waals surface area (Å²) < 4.78 is 6.44. The van der Waals surface area contributed by atoms with Crippen molar-refractivity contribution in [1.82, 2.24) is 10.6 Å². The molecule has 4 nitrogen and oxygen atoms in total. The topological polar surface area (TPSA) is 50.4 Å². The monoisotopic (exact) mass is 382 g/mol. The Morgan fingerprint density at radius 2 is 2.04 bits per heavy atom. The molecule has 1 aliphatic rings. The number of carbonyl (C=O) groups excluding carboxylic acids is 1. The third kappa shape index (κ3) is 6.92. The van der Waals surface area contributed by atoms with Gasteiger partial charge in [-0.3, -0.25) is 0 Å². The summed E-state index contributed by atoms with van der Waals surface area (Å²) >= 11 is 3.50. The van der Waals surface area contributed by atoms with Crippen LogP contribution in [0.5, 0.6) is 0 Å². The number of rotatable bonds is 4. The maximum atomic E-state index is 11.9. The number of benzene rings is 1. The Hall–Kier alpha value is -1.07. The lowest BCUT2D eigenvalue weighted by atomic mass is 9.91. The summed E-state index contributed by atoms with van der Waals surface area (Å²) in [4.78, 5) is 11.9. The quantitative estimate of drug-likeness (QED) is 0.812. The van der Waals surface area contributed by atoms with Crippen LogP contribution in [-0.2, 0) is 11.3 Å². The molecule has 2 atom stereocenters. The molecule has 2 N–H and O–H groups in total. The number of amides is 1. The fourth-order valence-electron chi connectivity index (χ4n) is 2.89. The first kappa shape index (κ1) is 18.3. The third-order valence-electron chi connectivity index (χ3n) is 3.88. The van der Waals surface area contributed by atoms with Gasteiger partial charge in [0.2, 0.25) is 0 Å². The highest BCUT2D eigenvalue weighted by molar-refractivity contribution is 9.10. The van der Waals surface area contributed by atoms with Gasteiger partial charge in [0, 0.05) is 23.1 Å². The SMILES string of the molecule is CC(C)(C)OC(=O)NC1CCCC(NCc2cccc(Br)c2)C1. The number of alkyl carbamates (subject to hydrolysis) is 1. The van der Waals surface area contributed by atoms with Crippen LogP contribution in [0.1, 0.15) is 52.0 Å². The predicted octanol–water partition coefficient (Wildman–Crippen LogP) is 4.37. The average molecular weight is 383 g/mol. The lowest BCUT2D eigenvalue weighted by Crippen LogP contribution is -2.45. The maximum Gasteiger partial charge on any atom is 0.407 e. The fraction of sp³-hybridized carbons (Fsp3) is 0.611. The van der Waals surface area contributed by atoms with E-state index in [9.17, 15) is 4.79 Å². The molecule has 128 valence electrons. The Morgan fingerprint density at radius 1 is 1.30 bits per heavy atom. The minimum atomic E-state index is -0.447. The number of halogens is 1. The molecule has 5 heteroatoms. The molecule has 1 aromatic rings. The minimum absolute atomic E-state index is 0.193. The first-order chi connectivity index (χ1) is 10.8. The van der Waals surface area contributed by atoms with E-state index in [0.29, 0.717) is 6.04 Å². The molecule has 0 heterocycles. The van der Waals surface area contributed by atoms with Crippen LogP contribution in [0.3, 0.4) is 0 Å². The minimum Gasteiger partial charge on any atom is -0.444 e. The van der Waals surface area contributed by atoms with Crippen LogP contribution < -0.4 is 10.6 Å². The fourth-order valence-corrected chi connectivity index (χ4v) is 3.34. The Bertz CT molecular complexity index is 528.